The smallest absolute Gasteiger partial charge is 0.214 e. The van der Waals surface area contributed by atoms with Gasteiger partial charge in [-0.25, -0.2) is 8.42 Å². The lowest BCUT2D eigenvalue weighted by Crippen LogP contribution is -2.49. The van der Waals surface area contributed by atoms with E-state index in [0.29, 0.717) is 38.2 Å². The Kier molecular flexibility index (Phi) is 5.37. The second kappa shape index (κ2) is 7.68. The van der Waals surface area contributed by atoms with Gasteiger partial charge in [-0.3, -0.25) is 0 Å². The minimum Gasteiger partial charge on any atom is -0.369 e. The first-order valence-electron chi connectivity index (χ1n) is 8.35. The molecular formula is C19H21N3O2S. The zero-order chi connectivity index (χ0) is 17.7. The number of piperazine rings is 1. The van der Waals surface area contributed by atoms with Gasteiger partial charge in [-0.2, -0.15) is 9.57 Å². The van der Waals surface area contributed by atoms with Crippen LogP contribution in [0.2, 0.25) is 0 Å². The molecule has 1 aliphatic heterocycles. The van der Waals surface area contributed by atoms with Gasteiger partial charge in [-0.1, -0.05) is 30.3 Å². The van der Waals surface area contributed by atoms with Crippen molar-refractivity contribution in [1.29, 1.82) is 5.26 Å². The quantitative estimate of drug-likeness (QED) is 0.825. The second-order valence-electron chi connectivity index (χ2n) is 6.10. The molecule has 0 aromatic heterocycles. The number of anilines is 1. The van der Waals surface area contributed by atoms with Crippen LogP contribution < -0.4 is 4.90 Å². The third-order valence-electron chi connectivity index (χ3n) is 4.49. The Morgan fingerprint density at radius 2 is 1.56 bits per heavy atom. The van der Waals surface area contributed by atoms with Crippen molar-refractivity contribution < 1.29 is 8.42 Å². The third-order valence-corrected chi connectivity index (χ3v) is 6.36. The molecule has 1 fully saturated rings. The lowest BCUT2D eigenvalue weighted by molar-refractivity contribution is 0.385. The largest absolute Gasteiger partial charge is 0.369 e. The molecule has 0 amide bonds. The van der Waals surface area contributed by atoms with Gasteiger partial charge in [-0.15, -0.1) is 0 Å². The third kappa shape index (κ3) is 4.38. The van der Waals surface area contributed by atoms with E-state index in [9.17, 15) is 8.42 Å². The Labute approximate surface area is 149 Å². The number of hydrogen-bond acceptors (Lipinski definition) is 4. The summed E-state index contributed by atoms with van der Waals surface area (Å²) in [5.41, 5.74) is 2.70. The molecule has 0 spiro atoms. The number of rotatable bonds is 5. The fourth-order valence-corrected chi connectivity index (χ4v) is 4.46. The van der Waals surface area contributed by atoms with E-state index in [4.69, 9.17) is 5.26 Å². The van der Waals surface area contributed by atoms with Crippen molar-refractivity contribution in [1.82, 2.24) is 4.31 Å². The van der Waals surface area contributed by atoms with Crippen molar-refractivity contribution >= 4 is 15.7 Å². The van der Waals surface area contributed by atoms with Gasteiger partial charge in [0, 0.05) is 31.9 Å². The number of aryl methyl sites for hydroxylation is 1. The lowest BCUT2D eigenvalue weighted by atomic mass is 10.2. The molecule has 130 valence electrons. The molecule has 2 aromatic rings. The van der Waals surface area contributed by atoms with Crippen LogP contribution in [0.5, 0.6) is 0 Å². The van der Waals surface area contributed by atoms with Crippen LogP contribution in [0, 0.1) is 11.3 Å². The minimum atomic E-state index is -3.23. The van der Waals surface area contributed by atoms with Crippen LogP contribution in [0.3, 0.4) is 0 Å². The van der Waals surface area contributed by atoms with E-state index in [-0.39, 0.29) is 5.75 Å². The van der Waals surface area contributed by atoms with Gasteiger partial charge in [0.15, 0.2) is 0 Å². The number of nitrogens with zero attached hydrogens (tertiary/aromatic N) is 3. The molecule has 3 rings (SSSR count). The van der Waals surface area contributed by atoms with E-state index in [0.717, 1.165) is 11.3 Å². The summed E-state index contributed by atoms with van der Waals surface area (Å²) in [6, 6.07) is 19.2. The number of sulfonamides is 1. The fourth-order valence-electron chi connectivity index (χ4n) is 2.99. The summed E-state index contributed by atoms with van der Waals surface area (Å²) in [6.07, 6.45) is 0.541. The van der Waals surface area contributed by atoms with Gasteiger partial charge >= 0.3 is 0 Å². The first kappa shape index (κ1) is 17.5. The SMILES string of the molecule is N#Cc1ccc(N2CCN(S(=O)(=O)CCc3ccccc3)CC2)cc1. The van der Waals surface area contributed by atoms with Crippen LogP contribution in [0.15, 0.2) is 54.6 Å². The van der Waals surface area contributed by atoms with Crippen LogP contribution in [-0.2, 0) is 16.4 Å². The highest BCUT2D eigenvalue weighted by molar-refractivity contribution is 7.89. The number of nitriles is 1. The molecule has 6 heteroatoms. The molecule has 1 saturated heterocycles. The molecule has 25 heavy (non-hydrogen) atoms. The van der Waals surface area contributed by atoms with Gasteiger partial charge in [0.2, 0.25) is 10.0 Å². The highest BCUT2D eigenvalue weighted by Gasteiger charge is 2.26. The van der Waals surface area contributed by atoms with Crippen molar-refractivity contribution in [2.75, 3.05) is 36.8 Å². The molecule has 0 atom stereocenters. The summed E-state index contributed by atoms with van der Waals surface area (Å²) in [7, 11) is -3.23. The Morgan fingerprint density at radius 1 is 0.920 bits per heavy atom. The zero-order valence-corrected chi connectivity index (χ0v) is 14.8. The second-order valence-corrected chi connectivity index (χ2v) is 8.18. The van der Waals surface area contributed by atoms with Crippen molar-refractivity contribution in [2.24, 2.45) is 0 Å². The highest BCUT2D eigenvalue weighted by Crippen LogP contribution is 2.18. The Bertz CT molecular complexity index is 834. The Hall–Kier alpha value is -2.36. The Morgan fingerprint density at radius 3 is 2.16 bits per heavy atom. The average Bonchev–Trinajstić information content (AvgIpc) is 2.67. The molecule has 1 aliphatic rings. The maximum Gasteiger partial charge on any atom is 0.214 e. The standard InChI is InChI=1S/C19H21N3O2S/c20-16-18-6-8-19(9-7-18)21-11-13-22(14-12-21)25(23,24)15-10-17-4-2-1-3-5-17/h1-9H,10-15H2. The van der Waals surface area contributed by atoms with Crippen LogP contribution >= 0.6 is 0 Å². The van der Waals surface area contributed by atoms with E-state index in [2.05, 4.69) is 11.0 Å². The van der Waals surface area contributed by atoms with Gasteiger partial charge in [0.25, 0.3) is 0 Å². The molecule has 1 heterocycles. The summed E-state index contributed by atoms with van der Waals surface area (Å²) < 4.78 is 26.7. The van der Waals surface area contributed by atoms with Crippen molar-refractivity contribution in [3.05, 3.63) is 65.7 Å². The molecule has 0 radical (unpaired) electrons. The van der Waals surface area contributed by atoms with Crippen molar-refractivity contribution in [3.8, 4) is 6.07 Å². The van der Waals surface area contributed by atoms with Crippen LogP contribution in [0.4, 0.5) is 5.69 Å². The van der Waals surface area contributed by atoms with Gasteiger partial charge in [-0.05, 0) is 36.2 Å². The first-order chi connectivity index (χ1) is 12.1. The van der Waals surface area contributed by atoms with E-state index in [1.807, 2.05) is 42.5 Å². The summed E-state index contributed by atoms with van der Waals surface area (Å²) in [4.78, 5) is 2.16. The van der Waals surface area contributed by atoms with Crippen LogP contribution in [0.1, 0.15) is 11.1 Å². The molecule has 0 unspecified atom stereocenters. The van der Waals surface area contributed by atoms with Gasteiger partial charge < -0.3 is 4.90 Å². The maximum atomic E-state index is 12.6. The molecule has 0 bridgehead atoms. The molecular weight excluding hydrogens is 334 g/mol. The van der Waals surface area contributed by atoms with Crippen LogP contribution in [-0.4, -0.2) is 44.7 Å². The van der Waals surface area contributed by atoms with Crippen molar-refractivity contribution in [3.63, 3.8) is 0 Å². The first-order valence-corrected chi connectivity index (χ1v) is 9.96. The summed E-state index contributed by atoms with van der Waals surface area (Å²) >= 11 is 0. The average molecular weight is 355 g/mol. The van der Waals surface area contributed by atoms with E-state index in [1.54, 1.807) is 16.4 Å². The highest BCUT2D eigenvalue weighted by atomic mass is 32.2. The predicted octanol–water partition coefficient (Wildman–Crippen LogP) is 2.25. The van der Waals surface area contributed by atoms with Gasteiger partial charge in [0.05, 0.1) is 17.4 Å². The number of benzene rings is 2. The topological polar surface area (TPSA) is 64.4 Å². The van der Waals surface area contributed by atoms with E-state index < -0.39 is 10.0 Å². The lowest BCUT2D eigenvalue weighted by Gasteiger charge is -2.35. The van der Waals surface area contributed by atoms with Gasteiger partial charge in [0.1, 0.15) is 0 Å². The summed E-state index contributed by atoms with van der Waals surface area (Å²) in [5.74, 6) is 0.147. The molecule has 2 aromatic carbocycles. The summed E-state index contributed by atoms with van der Waals surface area (Å²) in [6.45, 7) is 2.32. The fraction of sp³-hybridized carbons (Fsp3) is 0.316. The molecule has 0 saturated carbocycles. The minimum absolute atomic E-state index is 0.147. The maximum absolute atomic E-state index is 12.6. The number of hydrogen-bond donors (Lipinski definition) is 0. The molecule has 5 nitrogen and oxygen atoms in total. The van der Waals surface area contributed by atoms with E-state index in [1.165, 1.54) is 0 Å². The normalized spacial score (nSPS) is 15.7. The molecule has 0 N–H and O–H groups in total. The van der Waals surface area contributed by atoms with E-state index >= 15 is 0 Å². The zero-order valence-electron chi connectivity index (χ0n) is 14.0. The molecule has 0 aliphatic carbocycles. The summed E-state index contributed by atoms with van der Waals surface area (Å²) in [5, 5.41) is 8.86. The monoisotopic (exact) mass is 355 g/mol. The van der Waals surface area contributed by atoms with Crippen molar-refractivity contribution in [2.45, 2.75) is 6.42 Å². The predicted molar refractivity (Wildman–Crippen MR) is 98.9 cm³/mol. The van der Waals surface area contributed by atoms with Crippen LogP contribution in [0.25, 0.3) is 0 Å². The Balaban J connectivity index is 1.56.